The number of carbonyl (C=O) groups excluding carboxylic acids is 2. The maximum atomic E-state index is 11.8. The fraction of sp³-hybridized carbons (Fsp3) is 0.273. The van der Waals surface area contributed by atoms with Crippen molar-refractivity contribution in [3.63, 3.8) is 0 Å². The van der Waals surface area contributed by atoms with Crippen LogP contribution in [-0.2, 0) is 19.6 Å². The van der Waals surface area contributed by atoms with Crippen molar-refractivity contribution in [2.45, 2.75) is 17.9 Å². The van der Waals surface area contributed by atoms with Crippen LogP contribution in [0.2, 0.25) is 5.02 Å². The van der Waals surface area contributed by atoms with E-state index in [0.717, 1.165) is 6.07 Å². The zero-order valence-corrected chi connectivity index (χ0v) is 12.3. The summed E-state index contributed by atoms with van der Waals surface area (Å²) in [5, 5.41) is 0.00160. The average Bonchev–Trinajstić information content (AvgIpc) is 2.38. The highest BCUT2D eigenvalue weighted by atomic mass is 35.5. The maximum Gasteiger partial charge on any atom is 0.340 e. The number of primary amides is 1. The molecule has 7 nitrogen and oxygen atoms in total. The topological polar surface area (TPSA) is 116 Å². The van der Waals surface area contributed by atoms with Gasteiger partial charge in [-0.2, -0.15) is 0 Å². The molecule has 3 N–H and O–H groups in total. The van der Waals surface area contributed by atoms with E-state index >= 15 is 0 Å². The number of hydrogen-bond acceptors (Lipinski definition) is 5. The second kappa shape index (κ2) is 6.21. The van der Waals surface area contributed by atoms with E-state index in [2.05, 4.69) is 4.72 Å². The molecule has 9 heteroatoms. The Morgan fingerprint density at radius 1 is 1.40 bits per heavy atom. The molecule has 0 spiro atoms. The van der Waals surface area contributed by atoms with Crippen molar-refractivity contribution in [2.75, 3.05) is 7.05 Å². The third-order valence-electron chi connectivity index (χ3n) is 2.42. The van der Waals surface area contributed by atoms with Crippen LogP contribution in [0.1, 0.15) is 17.3 Å². The molecule has 0 fully saturated rings. The normalized spacial score (nSPS) is 12.8. The van der Waals surface area contributed by atoms with Gasteiger partial charge in [0.2, 0.25) is 10.0 Å². The number of nitrogens with one attached hydrogen (secondary N) is 1. The van der Waals surface area contributed by atoms with E-state index < -0.39 is 28.0 Å². The summed E-state index contributed by atoms with van der Waals surface area (Å²) < 4.78 is 30.1. The van der Waals surface area contributed by atoms with E-state index in [1.54, 1.807) is 0 Å². The van der Waals surface area contributed by atoms with Gasteiger partial charge in [0.1, 0.15) is 0 Å². The summed E-state index contributed by atoms with van der Waals surface area (Å²) in [5.41, 5.74) is 4.80. The van der Waals surface area contributed by atoms with Crippen LogP contribution in [-0.4, -0.2) is 33.4 Å². The van der Waals surface area contributed by atoms with Crippen molar-refractivity contribution in [2.24, 2.45) is 5.73 Å². The van der Waals surface area contributed by atoms with Crippen LogP contribution in [0, 0.1) is 0 Å². The van der Waals surface area contributed by atoms with E-state index in [9.17, 15) is 18.0 Å². The highest BCUT2D eigenvalue weighted by molar-refractivity contribution is 7.89. The monoisotopic (exact) mass is 320 g/mol. The van der Waals surface area contributed by atoms with Crippen LogP contribution in [0.4, 0.5) is 0 Å². The number of nitrogens with two attached hydrogens (primary N) is 1. The van der Waals surface area contributed by atoms with Gasteiger partial charge in [-0.15, -0.1) is 0 Å². The van der Waals surface area contributed by atoms with Crippen LogP contribution in [0.15, 0.2) is 23.1 Å². The Kier molecular flexibility index (Phi) is 5.09. The lowest BCUT2D eigenvalue weighted by Gasteiger charge is -2.11. The van der Waals surface area contributed by atoms with Gasteiger partial charge in [0, 0.05) is 0 Å². The minimum absolute atomic E-state index is 0.00160. The van der Waals surface area contributed by atoms with Gasteiger partial charge < -0.3 is 10.5 Å². The van der Waals surface area contributed by atoms with Gasteiger partial charge in [-0.1, -0.05) is 11.6 Å². The Hall–Kier alpha value is -1.64. The van der Waals surface area contributed by atoms with Gasteiger partial charge in [0.15, 0.2) is 6.10 Å². The molecule has 0 saturated carbocycles. The largest absolute Gasteiger partial charge is 0.449 e. The Morgan fingerprint density at radius 3 is 2.50 bits per heavy atom. The summed E-state index contributed by atoms with van der Waals surface area (Å²) in [5.74, 6) is -1.76. The van der Waals surface area contributed by atoms with Gasteiger partial charge in [0.05, 0.1) is 15.5 Å². The molecule has 1 aromatic rings. The molecule has 0 aliphatic carbocycles. The van der Waals surface area contributed by atoms with Crippen LogP contribution in [0.25, 0.3) is 0 Å². The predicted molar refractivity (Wildman–Crippen MR) is 71.8 cm³/mol. The van der Waals surface area contributed by atoms with Crippen LogP contribution >= 0.6 is 11.6 Å². The number of carbonyl (C=O) groups is 2. The van der Waals surface area contributed by atoms with Crippen LogP contribution < -0.4 is 10.5 Å². The number of halogens is 1. The van der Waals surface area contributed by atoms with E-state index in [0.29, 0.717) is 0 Å². The minimum Gasteiger partial charge on any atom is -0.449 e. The van der Waals surface area contributed by atoms with Crippen LogP contribution in [0.5, 0.6) is 0 Å². The maximum absolute atomic E-state index is 11.8. The van der Waals surface area contributed by atoms with E-state index in [-0.39, 0.29) is 15.5 Å². The number of esters is 1. The summed E-state index contributed by atoms with van der Waals surface area (Å²) in [7, 11) is -2.49. The SMILES string of the molecule is CNS(=O)(=O)c1ccc(Cl)c(C(=O)O[C@@H](C)C(N)=O)c1. The third-order valence-corrected chi connectivity index (χ3v) is 4.16. The Balaban J connectivity index is 3.15. The van der Waals surface area contributed by atoms with Gasteiger partial charge in [0.25, 0.3) is 5.91 Å². The molecule has 0 aromatic heterocycles. The first-order valence-electron chi connectivity index (χ1n) is 5.42. The lowest BCUT2D eigenvalue weighted by Crippen LogP contribution is -2.30. The lowest BCUT2D eigenvalue weighted by atomic mass is 10.2. The first-order valence-corrected chi connectivity index (χ1v) is 7.28. The lowest BCUT2D eigenvalue weighted by molar-refractivity contribution is -0.125. The van der Waals surface area contributed by atoms with Gasteiger partial charge in [-0.25, -0.2) is 17.9 Å². The molecule has 1 aromatic carbocycles. The number of rotatable bonds is 5. The molecule has 0 aliphatic rings. The molecule has 0 bridgehead atoms. The minimum atomic E-state index is -3.72. The zero-order chi connectivity index (χ0) is 15.5. The van der Waals surface area contributed by atoms with E-state index in [1.807, 2.05) is 0 Å². The standard InChI is InChI=1S/C11H13ClN2O5S/c1-6(10(13)15)19-11(16)8-5-7(3-4-9(8)12)20(17,18)14-2/h3-6,14H,1-2H3,(H2,13,15)/t6-/m0/s1. The molecule has 1 rings (SSSR count). The molecule has 110 valence electrons. The number of benzene rings is 1. The van der Waals surface area contributed by atoms with Gasteiger partial charge in [-0.05, 0) is 32.2 Å². The van der Waals surface area contributed by atoms with Crippen molar-refractivity contribution in [1.82, 2.24) is 4.72 Å². The smallest absolute Gasteiger partial charge is 0.340 e. The highest BCUT2D eigenvalue weighted by Gasteiger charge is 2.21. The second-order valence-corrected chi connectivity index (χ2v) is 6.09. The molecule has 0 radical (unpaired) electrons. The number of ether oxygens (including phenoxy) is 1. The third kappa shape index (κ3) is 3.69. The molecule has 0 heterocycles. The summed E-state index contributed by atoms with van der Waals surface area (Å²) in [6.45, 7) is 1.29. The summed E-state index contributed by atoms with van der Waals surface area (Å²) in [4.78, 5) is 22.5. The van der Waals surface area contributed by atoms with Crippen molar-refractivity contribution < 1.29 is 22.7 Å². The van der Waals surface area contributed by atoms with Gasteiger partial charge >= 0.3 is 5.97 Å². The van der Waals surface area contributed by atoms with E-state index in [4.69, 9.17) is 22.1 Å². The Bertz CT molecular complexity index is 644. The zero-order valence-electron chi connectivity index (χ0n) is 10.7. The van der Waals surface area contributed by atoms with E-state index in [1.165, 1.54) is 26.1 Å². The molecule has 0 unspecified atom stereocenters. The van der Waals surface area contributed by atoms with Crippen molar-refractivity contribution >= 4 is 33.5 Å². The van der Waals surface area contributed by atoms with Gasteiger partial charge in [-0.3, -0.25) is 4.79 Å². The van der Waals surface area contributed by atoms with Crippen LogP contribution in [0.3, 0.4) is 0 Å². The first kappa shape index (κ1) is 16.4. The van der Waals surface area contributed by atoms with Crippen molar-refractivity contribution in [1.29, 1.82) is 0 Å². The molecule has 20 heavy (non-hydrogen) atoms. The van der Waals surface area contributed by atoms with Crippen molar-refractivity contribution in [3.05, 3.63) is 28.8 Å². The quantitative estimate of drug-likeness (QED) is 0.756. The highest BCUT2D eigenvalue weighted by Crippen LogP contribution is 2.21. The molecule has 1 amide bonds. The summed E-state index contributed by atoms with van der Waals surface area (Å²) in [6, 6.07) is 3.55. The predicted octanol–water partition coefficient (Wildman–Crippen LogP) is 0.279. The fourth-order valence-corrected chi connectivity index (χ4v) is 2.18. The summed E-state index contributed by atoms with van der Waals surface area (Å²) in [6.07, 6.45) is -1.15. The molecule has 0 saturated heterocycles. The Labute approximate surface area is 121 Å². The first-order chi connectivity index (χ1) is 9.19. The Morgan fingerprint density at radius 2 is 2.00 bits per heavy atom. The average molecular weight is 321 g/mol. The number of amides is 1. The molecular formula is C11H13ClN2O5S. The second-order valence-electron chi connectivity index (χ2n) is 3.80. The fourth-order valence-electron chi connectivity index (χ4n) is 1.23. The summed E-state index contributed by atoms with van der Waals surface area (Å²) >= 11 is 5.82. The van der Waals surface area contributed by atoms with Crippen molar-refractivity contribution in [3.8, 4) is 0 Å². The number of hydrogen-bond donors (Lipinski definition) is 2. The molecule has 1 atom stereocenters. The molecule has 0 aliphatic heterocycles. The number of sulfonamides is 1. The molecular weight excluding hydrogens is 308 g/mol.